The number of hydrogen-bond donors (Lipinski definition) is 2. The number of hydrogen-bond acceptors (Lipinski definition) is 5. The average molecular weight is 452 g/mol. The fraction of sp³-hybridized carbons (Fsp3) is 0.130. The van der Waals surface area contributed by atoms with E-state index in [1.54, 1.807) is 23.1 Å². The van der Waals surface area contributed by atoms with Gasteiger partial charge in [0.2, 0.25) is 0 Å². The van der Waals surface area contributed by atoms with E-state index >= 15 is 0 Å². The number of nitrogens with zero attached hydrogens (tertiary/aromatic N) is 2. The first kappa shape index (κ1) is 20.3. The Kier molecular flexibility index (Phi) is 4.99. The lowest BCUT2D eigenvalue weighted by Crippen LogP contribution is -2.57. The quantitative estimate of drug-likeness (QED) is 0.493. The minimum atomic E-state index is -0.787. The van der Waals surface area contributed by atoms with Gasteiger partial charge in [0.25, 0.3) is 11.5 Å². The largest absolute Gasteiger partial charge is 0.351 e. The molecule has 1 aliphatic heterocycles. The molecule has 0 radical (unpaired) electrons. The number of carbonyl (C=O) groups excluding carboxylic acids is 1. The summed E-state index contributed by atoms with van der Waals surface area (Å²) in [4.78, 5) is 28.5. The Morgan fingerprint density at radius 2 is 1.81 bits per heavy atom. The van der Waals surface area contributed by atoms with Crippen molar-refractivity contribution in [1.29, 1.82) is 0 Å². The first-order valence-electron chi connectivity index (χ1n) is 9.93. The molecule has 3 N–H and O–H groups in total. The molecule has 0 spiro atoms. The maximum Gasteiger partial charge on any atom is 0.266 e. The van der Waals surface area contributed by atoms with Gasteiger partial charge in [0, 0.05) is 36.7 Å². The highest BCUT2D eigenvalue weighted by atomic mass is 32.1. The van der Waals surface area contributed by atoms with Gasteiger partial charge in [0.1, 0.15) is 21.3 Å². The Bertz CT molecular complexity index is 1390. The van der Waals surface area contributed by atoms with Crippen molar-refractivity contribution in [2.24, 2.45) is 5.73 Å². The molecule has 5 rings (SSSR count). The summed E-state index contributed by atoms with van der Waals surface area (Å²) < 4.78 is 29.3. The summed E-state index contributed by atoms with van der Waals surface area (Å²) in [6.07, 6.45) is 0. The fourth-order valence-corrected chi connectivity index (χ4v) is 4.97. The van der Waals surface area contributed by atoms with E-state index in [1.165, 1.54) is 16.7 Å². The van der Waals surface area contributed by atoms with Crippen LogP contribution in [-0.2, 0) is 0 Å². The summed E-state index contributed by atoms with van der Waals surface area (Å²) in [6, 6.07) is 15.2. The number of pyridine rings is 1. The van der Waals surface area contributed by atoms with Crippen LogP contribution in [0.3, 0.4) is 0 Å². The van der Waals surface area contributed by atoms with Crippen molar-refractivity contribution in [2.75, 3.05) is 18.4 Å². The third kappa shape index (κ3) is 3.45. The molecule has 2 aromatic heterocycles. The lowest BCUT2D eigenvalue weighted by molar-refractivity contribution is 0.0614. The Balaban J connectivity index is 1.72. The first-order chi connectivity index (χ1) is 15.4. The van der Waals surface area contributed by atoms with Gasteiger partial charge in [-0.25, -0.2) is 8.78 Å². The molecule has 1 saturated heterocycles. The van der Waals surface area contributed by atoms with Gasteiger partial charge in [0.05, 0.1) is 17.1 Å². The Morgan fingerprint density at radius 3 is 2.50 bits per heavy atom. The molecule has 6 nitrogen and oxygen atoms in total. The standard InChI is InChI=1S/C23H18F2N4O2S/c24-13-6-8-18(17(25)10-13)27-20-16-7-9-19(30)29(15-4-2-1-3-5-15)23(16)32-21(20)22(31)28-11-14(26)12-28/h1-10,14,27H,11-12,26H2. The topological polar surface area (TPSA) is 80.4 Å². The van der Waals surface area contributed by atoms with Crippen molar-refractivity contribution in [3.63, 3.8) is 0 Å². The number of likely N-dealkylation sites (tertiary alicyclic amines) is 1. The smallest absolute Gasteiger partial charge is 0.266 e. The number of nitrogens with one attached hydrogen (secondary N) is 1. The Morgan fingerprint density at radius 1 is 1.06 bits per heavy atom. The molecule has 0 unspecified atom stereocenters. The zero-order valence-corrected chi connectivity index (χ0v) is 17.5. The van der Waals surface area contributed by atoms with Crippen LogP contribution in [-0.4, -0.2) is 34.5 Å². The highest BCUT2D eigenvalue weighted by Gasteiger charge is 2.32. The molecule has 0 aliphatic carbocycles. The lowest BCUT2D eigenvalue weighted by atomic mass is 10.1. The number of fused-ring (bicyclic) bond motifs is 1. The van der Waals surface area contributed by atoms with E-state index in [2.05, 4.69) is 5.32 Å². The number of anilines is 2. The molecule has 1 aliphatic rings. The summed E-state index contributed by atoms with van der Waals surface area (Å²) in [6.45, 7) is 0.839. The maximum atomic E-state index is 14.4. The van der Waals surface area contributed by atoms with Crippen LogP contribution in [0.5, 0.6) is 0 Å². The van der Waals surface area contributed by atoms with E-state index in [9.17, 15) is 18.4 Å². The molecule has 1 amide bonds. The maximum absolute atomic E-state index is 14.4. The highest BCUT2D eigenvalue weighted by molar-refractivity contribution is 7.21. The van der Waals surface area contributed by atoms with Crippen molar-refractivity contribution in [3.05, 3.63) is 87.5 Å². The van der Waals surface area contributed by atoms with Gasteiger partial charge in [0.15, 0.2) is 0 Å². The number of rotatable bonds is 4. The van der Waals surface area contributed by atoms with Crippen LogP contribution in [0.25, 0.3) is 15.9 Å². The van der Waals surface area contributed by atoms with Crippen molar-refractivity contribution >= 4 is 38.8 Å². The van der Waals surface area contributed by atoms with Crippen LogP contribution in [0.1, 0.15) is 9.67 Å². The van der Waals surface area contributed by atoms with Crippen LogP contribution in [0.15, 0.2) is 65.5 Å². The van der Waals surface area contributed by atoms with Crippen LogP contribution in [0.2, 0.25) is 0 Å². The molecule has 1 fully saturated rings. The molecule has 162 valence electrons. The summed E-state index contributed by atoms with van der Waals surface area (Å²) in [7, 11) is 0. The van der Waals surface area contributed by atoms with Crippen LogP contribution < -0.4 is 16.6 Å². The minimum absolute atomic E-state index is 0.0259. The second kappa shape index (κ2) is 7.85. The summed E-state index contributed by atoms with van der Waals surface area (Å²) in [5.41, 5.74) is 6.62. The van der Waals surface area contributed by atoms with Crippen molar-refractivity contribution in [2.45, 2.75) is 6.04 Å². The van der Waals surface area contributed by atoms with Gasteiger partial charge >= 0.3 is 0 Å². The van der Waals surface area contributed by atoms with Gasteiger partial charge in [-0.05, 0) is 30.3 Å². The number of halogens is 2. The van der Waals surface area contributed by atoms with E-state index in [-0.39, 0.29) is 23.2 Å². The summed E-state index contributed by atoms with van der Waals surface area (Å²) in [5, 5.41) is 3.54. The molecule has 0 atom stereocenters. The number of carbonyl (C=O) groups is 1. The number of nitrogens with two attached hydrogens (primary N) is 1. The second-order valence-corrected chi connectivity index (χ2v) is 8.59. The van der Waals surface area contributed by atoms with Gasteiger partial charge in [-0.3, -0.25) is 14.2 Å². The molecular formula is C23H18F2N4O2S. The van der Waals surface area contributed by atoms with Gasteiger partial charge in [-0.2, -0.15) is 0 Å². The van der Waals surface area contributed by atoms with E-state index in [1.807, 2.05) is 18.2 Å². The summed E-state index contributed by atoms with van der Waals surface area (Å²) >= 11 is 1.15. The van der Waals surface area contributed by atoms with Crippen molar-refractivity contribution in [3.8, 4) is 5.69 Å². The van der Waals surface area contributed by atoms with Crippen LogP contribution in [0.4, 0.5) is 20.2 Å². The van der Waals surface area contributed by atoms with E-state index in [0.29, 0.717) is 39.6 Å². The number of thiophene rings is 1. The van der Waals surface area contributed by atoms with E-state index in [0.717, 1.165) is 23.5 Å². The summed E-state index contributed by atoms with van der Waals surface area (Å²) in [5.74, 6) is -1.75. The highest BCUT2D eigenvalue weighted by Crippen LogP contribution is 2.39. The zero-order chi connectivity index (χ0) is 22.4. The normalized spacial score (nSPS) is 13.9. The molecule has 2 aromatic carbocycles. The molecule has 9 heteroatoms. The molecule has 32 heavy (non-hydrogen) atoms. The number of aromatic nitrogens is 1. The van der Waals surface area contributed by atoms with Crippen LogP contribution >= 0.6 is 11.3 Å². The first-order valence-corrected chi connectivity index (χ1v) is 10.7. The molecule has 0 saturated carbocycles. The third-order valence-corrected chi connectivity index (χ3v) is 6.52. The molecular weight excluding hydrogens is 434 g/mol. The predicted octanol–water partition coefficient (Wildman–Crippen LogP) is 3.86. The van der Waals surface area contributed by atoms with Crippen molar-refractivity contribution in [1.82, 2.24) is 9.47 Å². The fourth-order valence-electron chi connectivity index (χ4n) is 3.73. The van der Waals surface area contributed by atoms with Crippen LogP contribution in [0, 0.1) is 11.6 Å². The lowest BCUT2D eigenvalue weighted by Gasteiger charge is -2.36. The minimum Gasteiger partial charge on any atom is -0.351 e. The monoisotopic (exact) mass is 452 g/mol. The second-order valence-electron chi connectivity index (χ2n) is 7.59. The van der Waals surface area contributed by atoms with Gasteiger partial charge in [-0.1, -0.05) is 18.2 Å². The van der Waals surface area contributed by atoms with E-state index < -0.39 is 11.6 Å². The number of para-hydroxylation sites is 1. The van der Waals surface area contributed by atoms with Gasteiger partial charge < -0.3 is 16.0 Å². The Labute approximate surface area is 185 Å². The van der Waals surface area contributed by atoms with E-state index in [4.69, 9.17) is 5.73 Å². The number of amides is 1. The Hall–Kier alpha value is -3.56. The SMILES string of the molecule is NC1CN(C(=O)c2sc3c(ccc(=O)n3-c3ccccc3)c2Nc2ccc(F)cc2F)C1. The molecule has 3 heterocycles. The molecule has 0 bridgehead atoms. The number of benzene rings is 2. The predicted molar refractivity (Wildman–Crippen MR) is 121 cm³/mol. The van der Waals surface area contributed by atoms with Crippen molar-refractivity contribution < 1.29 is 13.6 Å². The average Bonchev–Trinajstić information content (AvgIpc) is 3.11. The third-order valence-electron chi connectivity index (χ3n) is 5.34. The zero-order valence-electron chi connectivity index (χ0n) is 16.7. The molecule has 4 aromatic rings. The van der Waals surface area contributed by atoms with Gasteiger partial charge in [-0.15, -0.1) is 11.3 Å².